The lowest BCUT2D eigenvalue weighted by Crippen LogP contribution is -2.39. The summed E-state index contributed by atoms with van der Waals surface area (Å²) in [4.78, 5) is 14.9. The highest BCUT2D eigenvalue weighted by atomic mass is 19.3. The summed E-state index contributed by atoms with van der Waals surface area (Å²) >= 11 is 0. The van der Waals surface area contributed by atoms with Crippen molar-refractivity contribution in [1.29, 1.82) is 0 Å². The zero-order valence-electron chi connectivity index (χ0n) is 15.7. The highest BCUT2D eigenvalue weighted by Crippen LogP contribution is 2.20. The van der Waals surface area contributed by atoms with Crippen molar-refractivity contribution >= 4 is 11.6 Å². The largest absolute Gasteiger partial charge is 0.435 e. The lowest BCUT2D eigenvalue weighted by molar-refractivity contribution is -0.385. The summed E-state index contributed by atoms with van der Waals surface area (Å²) in [6.45, 7) is -0.314. The fourth-order valence-corrected chi connectivity index (χ4v) is 2.51. The summed E-state index contributed by atoms with van der Waals surface area (Å²) in [5.74, 6) is 0.380. The van der Waals surface area contributed by atoms with E-state index in [9.17, 15) is 24.0 Å². The summed E-state index contributed by atoms with van der Waals surface area (Å²) in [5.41, 5.74) is 0.955. The first-order valence-corrected chi connectivity index (χ1v) is 8.88. The summed E-state index contributed by atoms with van der Waals surface area (Å²) in [6.07, 6.45) is -0.925. The SMILES string of the molecule is CCNC(=NCc1ccccc1[N+](=O)[O-])NCC(O)c1ccc(OC(F)F)cc1. The van der Waals surface area contributed by atoms with Gasteiger partial charge >= 0.3 is 6.61 Å². The third-order valence-corrected chi connectivity index (χ3v) is 3.89. The number of rotatable bonds is 9. The van der Waals surface area contributed by atoms with E-state index in [1.807, 2.05) is 6.92 Å². The van der Waals surface area contributed by atoms with Gasteiger partial charge in [0.15, 0.2) is 5.96 Å². The molecule has 0 aliphatic rings. The normalized spacial score (nSPS) is 12.5. The molecule has 8 nitrogen and oxygen atoms in total. The molecule has 0 fully saturated rings. The Hall–Kier alpha value is -3.27. The third-order valence-electron chi connectivity index (χ3n) is 3.89. The van der Waals surface area contributed by atoms with Gasteiger partial charge in [-0.2, -0.15) is 8.78 Å². The van der Waals surface area contributed by atoms with E-state index in [-0.39, 0.29) is 24.5 Å². The lowest BCUT2D eigenvalue weighted by Gasteiger charge is -2.16. The maximum absolute atomic E-state index is 12.2. The molecule has 0 saturated heterocycles. The van der Waals surface area contributed by atoms with E-state index >= 15 is 0 Å². The van der Waals surface area contributed by atoms with Crippen molar-refractivity contribution in [2.45, 2.75) is 26.2 Å². The number of halogens is 2. The molecule has 2 aromatic rings. The topological polar surface area (TPSA) is 109 Å². The van der Waals surface area contributed by atoms with Gasteiger partial charge in [-0.05, 0) is 24.6 Å². The molecule has 29 heavy (non-hydrogen) atoms. The Morgan fingerprint density at radius 3 is 2.52 bits per heavy atom. The average Bonchev–Trinajstić information content (AvgIpc) is 2.70. The zero-order valence-corrected chi connectivity index (χ0v) is 15.7. The number of para-hydroxylation sites is 1. The number of aliphatic hydroxyl groups excluding tert-OH is 1. The predicted molar refractivity (Wildman–Crippen MR) is 104 cm³/mol. The van der Waals surface area contributed by atoms with Crippen molar-refractivity contribution in [3.63, 3.8) is 0 Å². The average molecular weight is 408 g/mol. The molecule has 0 bridgehead atoms. The Morgan fingerprint density at radius 2 is 1.90 bits per heavy atom. The first kappa shape index (κ1) is 22.0. The molecule has 1 atom stereocenters. The fourth-order valence-electron chi connectivity index (χ4n) is 2.51. The van der Waals surface area contributed by atoms with Gasteiger partial charge in [0.1, 0.15) is 5.75 Å². The van der Waals surface area contributed by atoms with Crippen LogP contribution in [0, 0.1) is 10.1 Å². The number of nitrogens with zero attached hydrogens (tertiary/aromatic N) is 2. The van der Waals surface area contributed by atoms with Gasteiger partial charge in [0.25, 0.3) is 5.69 Å². The fraction of sp³-hybridized carbons (Fsp3) is 0.316. The number of alkyl halides is 2. The maximum atomic E-state index is 12.2. The molecule has 0 saturated carbocycles. The molecule has 0 heterocycles. The van der Waals surface area contributed by atoms with E-state index < -0.39 is 17.6 Å². The van der Waals surface area contributed by atoms with Crippen LogP contribution < -0.4 is 15.4 Å². The van der Waals surface area contributed by atoms with Crippen LogP contribution in [0.15, 0.2) is 53.5 Å². The van der Waals surface area contributed by atoms with E-state index in [1.165, 1.54) is 30.3 Å². The molecule has 3 N–H and O–H groups in total. The van der Waals surface area contributed by atoms with Gasteiger partial charge in [-0.25, -0.2) is 4.99 Å². The van der Waals surface area contributed by atoms with Crippen molar-refractivity contribution in [3.8, 4) is 5.75 Å². The number of ether oxygens (including phenoxy) is 1. The number of hydrogen-bond donors (Lipinski definition) is 3. The monoisotopic (exact) mass is 408 g/mol. The van der Waals surface area contributed by atoms with Crippen molar-refractivity contribution in [1.82, 2.24) is 10.6 Å². The van der Waals surface area contributed by atoms with E-state index in [0.29, 0.717) is 23.6 Å². The highest BCUT2D eigenvalue weighted by molar-refractivity contribution is 5.79. The molecule has 156 valence electrons. The molecule has 0 aliphatic heterocycles. The van der Waals surface area contributed by atoms with Gasteiger partial charge < -0.3 is 20.5 Å². The second-order valence-corrected chi connectivity index (χ2v) is 5.93. The first-order valence-electron chi connectivity index (χ1n) is 8.88. The van der Waals surface area contributed by atoms with Crippen LogP contribution in [0.4, 0.5) is 14.5 Å². The molecular weight excluding hydrogens is 386 g/mol. The lowest BCUT2D eigenvalue weighted by atomic mass is 10.1. The van der Waals surface area contributed by atoms with Crippen LogP contribution in [0.1, 0.15) is 24.2 Å². The number of benzene rings is 2. The summed E-state index contributed by atoms with van der Waals surface area (Å²) < 4.78 is 28.6. The van der Waals surface area contributed by atoms with E-state index in [0.717, 1.165) is 0 Å². The Kier molecular flexibility index (Phi) is 8.28. The molecule has 1 unspecified atom stereocenters. The molecule has 0 radical (unpaired) electrons. The molecule has 10 heteroatoms. The summed E-state index contributed by atoms with van der Waals surface area (Å²) in [7, 11) is 0. The van der Waals surface area contributed by atoms with Gasteiger partial charge in [-0.1, -0.05) is 30.3 Å². The number of nitrogens with one attached hydrogen (secondary N) is 2. The Balaban J connectivity index is 1.99. The van der Waals surface area contributed by atoms with Gasteiger partial charge in [-0.15, -0.1) is 0 Å². The number of aliphatic imine (C=N–C) groups is 1. The van der Waals surface area contributed by atoms with Crippen LogP contribution >= 0.6 is 0 Å². The standard InChI is InChI=1S/C19H22F2N4O4/c1-2-22-19(23-11-14-5-3-4-6-16(14)25(27)28)24-12-17(26)13-7-9-15(10-8-13)29-18(20)21/h3-10,17-18,26H,2,11-12H2,1H3,(H2,22,23,24). The van der Waals surface area contributed by atoms with Crippen LogP contribution in [0.3, 0.4) is 0 Å². The van der Waals surface area contributed by atoms with Crippen LogP contribution in [0.2, 0.25) is 0 Å². The first-order chi connectivity index (χ1) is 13.9. The molecular formula is C19H22F2N4O4. The van der Waals surface area contributed by atoms with Crippen molar-refractivity contribution in [3.05, 3.63) is 69.8 Å². The second-order valence-electron chi connectivity index (χ2n) is 5.93. The highest BCUT2D eigenvalue weighted by Gasteiger charge is 2.13. The van der Waals surface area contributed by atoms with Gasteiger partial charge in [0.2, 0.25) is 0 Å². The van der Waals surface area contributed by atoms with E-state index in [1.54, 1.807) is 18.2 Å². The maximum Gasteiger partial charge on any atom is 0.387 e. The smallest absolute Gasteiger partial charge is 0.387 e. The zero-order chi connectivity index (χ0) is 21.2. The molecule has 2 rings (SSSR count). The molecule has 0 aromatic heterocycles. The van der Waals surface area contributed by atoms with Gasteiger partial charge in [-0.3, -0.25) is 10.1 Å². The quantitative estimate of drug-likeness (QED) is 0.255. The molecule has 0 amide bonds. The minimum atomic E-state index is -2.91. The minimum Gasteiger partial charge on any atom is -0.435 e. The Labute approximate surface area is 166 Å². The van der Waals surface area contributed by atoms with E-state index in [4.69, 9.17) is 0 Å². The van der Waals surface area contributed by atoms with Crippen LogP contribution in [0.25, 0.3) is 0 Å². The Bertz CT molecular complexity index is 831. The third kappa shape index (κ3) is 7.00. The van der Waals surface area contributed by atoms with Crippen molar-refractivity contribution in [2.75, 3.05) is 13.1 Å². The number of aliphatic hydroxyl groups is 1. The number of guanidine groups is 1. The molecule has 0 spiro atoms. The predicted octanol–water partition coefficient (Wildman–Crippen LogP) is 2.98. The second kappa shape index (κ2) is 10.9. The summed E-state index contributed by atoms with van der Waals surface area (Å²) in [5, 5.41) is 27.3. The Morgan fingerprint density at radius 1 is 1.21 bits per heavy atom. The number of nitro benzene ring substituents is 1. The summed E-state index contributed by atoms with van der Waals surface area (Å²) in [6, 6.07) is 12.0. The van der Waals surface area contributed by atoms with E-state index in [2.05, 4.69) is 20.4 Å². The molecule has 0 aliphatic carbocycles. The van der Waals surface area contributed by atoms with Gasteiger partial charge in [0, 0.05) is 19.2 Å². The van der Waals surface area contributed by atoms with Crippen LogP contribution in [-0.4, -0.2) is 35.7 Å². The van der Waals surface area contributed by atoms with Gasteiger partial charge in [0.05, 0.1) is 23.1 Å². The molecule has 2 aromatic carbocycles. The number of hydrogen-bond acceptors (Lipinski definition) is 5. The van der Waals surface area contributed by atoms with Crippen LogP contribution in [0.5, 0.6) is 5.75 Å². The number of nitro groups is 1. The van der Waals surface area contributed by atoms with Crippen molar-refractivity contribution < 1.29 is 23.5 Å². The van der Waals surface area contributed by atoms with Crippen molar-refractivity contribution in [2.24, 2.45) is 4.99 Å². The minimum absolute atomic E-state index is 0.00302. The van der Waals surface area contributed by atoms with Crippen LogP contribution in [-0.2, 0) is 6.54 Å².